The lowest BCUT2D eigenvalue weighted by molar-refractivity contribution is 0.643. The predicted molar refractivity (Wildman–Crippen MR) is 64.8 cm³/mol. The molecule has 1 N–H and O–H groups in total. The number of halogens is 1. The van der Waals surface area contributed by atoms with Crippen molar-refractivity contribution in [3.63, 3.8) is 0 Å². The van der Waals surface area contributed by atoms with E-state index < -0.39 is 0 Å². The molecule has 0 rings (SSSR count). The van der Waals surface area contributed by atoms with E-state index in [0.717, 1.165) is 5.57 Å². The molecule has 0 aliphatic carbocycles. The van der Waals surface area contributed by atoms with Gasteiger partial charge in [0, 0.05) is 12.8 Å². The summed E-state index contributed by atoms with van der Waals surface area (Å²) in [4.78, 5) is 4.05. The number of nitrogens with one attached hydrogen (secondary N) is 1. The molecule has 0 aliphatic heterocycles. The molecule has 0 radical (unpaired) electrons. The van der Waals surface area contributed by atoms with Gasteiger partial charge in [0.1, 0.15) is 11.5 Å². The highest BCUT2D eigenvalue weighted by Crippen LogP contribution is 2.18. The van der Waals surface area contributed by atoms with Crippen LogP contribution < -0.4 is 5.32 Å². The van der Waals surface area contributed by atoms with Gasteiger partial charge in [-0.15, -0.1) is 0 Å². The molecule has 3 heteroatoms. The van der Waals surface area contributed by atoms with Gasteiger partial charge in [-0.05, 0) is 39.5 Å². The summed E-state index contributed by atoms with van der Waals surface area (Å²) in [5, 5.41) is 2.99. The van der Waals surface area contributed by atoms with Gasteiger partial charge in [-0.2, -0.15) is 0 Å². The van der Waals surface area contributed by atoms with Gasteiger partial charge in [-0.1, -0.05) is 12.2 Å². The van der Waals surface area contributed by atoms with E-state index >= 15 is 0 Å². The van der Waals surface area contributed by atoms with Crippen LogP contribution in [0.15, 0.2) is 40.3 Å². The van der Waals surface area contributed by atoms with Crippen LogP contribution in [0.5, 0.6) is 0 Å². The van der Waals surface area contributed by atoms with E-state index in [1.54, 1.807) is 20.1 Å². The highest BCUT2D eigenvalue weighted by molar-refractivity contribution is 5.58. The Morgan fingerprint density at radius 3 is 2.40 bits per heavy atom. The fourth-order valence-electron chi connectivity index (χ4n) is 1.18. The van der Waals surface area contributed by atoms with Gasteiger partial charge in [0.2, 0.25) is 0 Å². The maximum absolute atomic E-state index is 13.5. The van der Waals surface area contributed by atoms with Crippen LogP contribution in [0.1, 0.15) is 20.8 Å². The largest absolute Gasteiger partial charge is 0.316 e. The third kappa shape index (κ3) is 4.70. The van der Waals surface area contributed by atoms with Crippen molar-refractivity contribution < 1.29 is 4.39 Å². The SMILES string of the molecule is CC=NC(=C(/C=C\C)CNC)/C(F)=C\C. The van der Waals surface area contributed by atoms with Crippen LogP contribution in [-0.2, 0) is 0 Å². The molecule has 0 fully saturated rings. The van der Waals surface area contributed by atoms with Gasteiger partial charge in [0.15, 0.2) is 0 Å². The average molecular weight is 210 g/mol. The van der Waals surface area contributed by atoms with Crippen molar-refractivity contribution in [2.24, 2.45) is 4.99 Å². The molecule has 0 aliphatic rings. The highest BCUT2D eigenvalue weighted by Gasteiger charge is 2.06. The molecule has 0 amide bonds. The van der Waals surface area contributed by atoms with Crippen molar-refractivity contribution in [3.8, 4) is 0 Å². The van der Waals surface area contributed by atoms with Gasteiger partial charge >= 0.3 is 0 Å². The first-order valence-corrected chi connectivity index (χ1v) is 5.02. The van der Waals surface area contributed by atoms with E-state index in [1.807, 2.05) is 26.1 Å². The lowest BCUT2D eigenvalue weighted by atomic mass is 10.1. The number of likely N-dealkylation sites (N-methyl/N-ethyl adjacent to an activating group) is 1. The lowest BCUT2D eigenvalue weighted by Crippen LogP contribution is -2.11. The van der Waals surface area contributed by atoms with Crippen LogP contribution >= 0.6 is 0 Å². The molecule has 0 aromatic heterocycles. The van der Waals surface area contributed by atoms with Gasteiger partial charge in [-0.25, -0.2) is 4.39 Å². The van der Waals surface area contributed by atoms with E-state index in [-0.39, 0.29) is 5.83 Å². The molecule has 0 spiro atoms. The number of hydrogen-bond acceptors (Lipinski definition) is 2. The Morgan fingerprint density at radius 1 is 1.33 bits per heavy atom. The summed E-state index contributed by atoms with van der Waals surface area (Å²) in [7, 11) is 1.82. The lowest BCUT2D eigenvalue weighted by Gasteiger charge is -2.06. The summed E-state index contributed by atoms with van der Waals surface area (Å²) in [6.45, 7) is 5.93. The van der Waals surface area contributed by atoms with Crippen LogP contribution in [0.4, 0.5) is 4.39 Å². The third-order valence-electron chi connectivity index (χ3n) is 1.78. The summed E-state index contributed by atoms with van der Waals surface area (Å²) in [6.07, 6.45) is 6.75. The Morgan fingerprint density at radius 2 is 2.00 bits per heavy atom. The summed E-state index contributed by atoms with van der Waals surface area (Å²) >= 11 is 0. The fraction of sp³-hybridized carbons (Fsp3) is 0.417. The number of hydrogen-bond donors (Lipinski definition) is 1. The minimum absolute atomic E-state index is 0.295. The zero-order chi connectivity index (χ0) is 11.7. The molecular formula is C12H19FN2. The molecule has 0 saturated heterocycles. The van der Waals surface area contributed by atoms with Crippen LogP contribution in [0.2, 0.25) is 0 Å². The van der Waals surface area contributed by atoms with Crippen molar-refractivity contribution in [1.82, 2.24) is 5.32 Å². The molecule has 0 saturated carbocycles. The van der Waals surface area contributed by atoms with Crippen LogP contribution in [0.25, 0.3) is 0 Å². The minimum Gasteiger partial charge on any atom is -0.316 e. The topological polar surface area (TPSA) is 24.4 Å². The maximum Gasteiger partial charge on any atom is 0.144 e. The summed E-state index contributed by atoms with van der Waals surface area (Å²) in [5.74, 6) is -0.295. The summed E-state index contributed by atoms with van der Waals surface area (Å²) in [5.41, 5.74) is 1.24. The smallest absolute Gasteiger partial charge is 0.144 e. The Balaban J connectivity index is 5.33. The molecule has 15 heavy (non-hydrogen) atoms. The minimum atomic E-state index is -0.295. The number of allylic oxidation sites excluding steroid dienone is 3. The zero-order valence-electron chi connectivity index (χ0n) is 9.84. The molecule has 0 aromatic rings. The van der Waals surface area contributed by atoms with Crippen molar-refractivity contribution >= 4 is 6.21 Å². The van der Waals surface area contributed by atoms with Crippen molar-refractivity contribution in [3.05, 3.63) is 35.3 Å². The highest BCUT2D eigenvalue weighted by atomic mass is 19.1. The number of nitrogens with zero attached hydrogens (tertiary/aromatic N) is 1. The van der Waals surface area contributed by atoms with E-state index in [9.17, 15) is 4.39 Å². The molecule has 2 nitrogen and oxygen atoms in total. The van der Waals surface area contributed by atoms with Crippen LogP contribution in [0.3, 0.4) is 0 Å². The zero-order valence-corrected chi connectivity index (χ0v) is 9.84. The second kappa shape index (κ2) is 8.12. The second-order valence-corrected chi connectivity index (χ2v) is 2.93. The van der Waals surface area contributed by atoms with Crippen molar-refractivity contribution in [2.75, 3.05) is 13.6 Å². The first kappa shape index (κ1) is 13.8. The quantitative estimate of drug-likeness (QED) is 0.547. The Labute approximate surface area is 91.3 Å². The molecule has 0 atom stereocenters. The Hall–Kier alpha value is -1.22. The van der Waals surface area contributed by atoms with Gasteiger partial charge in [0.05, 0.1) is 0 Å². The normalized spacial score (nSPS) is 15.1. The Kier molecular flexibility index (Phi) is 7.46. The number of rotatable bonds is 5. The van der Waals surface area contributed by atoms with Gasteiger partial charge in [0.25, 0.3) is 0 Å². The third-order valence-corrected chi connectivity index (χ3v) is 1.78. The van der Waals surface area contributed by atoms with Crippen molar-refractivity contribution in [1.29, 1.82) is 0 Å². The molecule has 0 bridgehead atoms. The predicted octanol–water partition coefficient (Wildman–Crippen LogP) is 3.00. The monoisotopic (exact) mass is 210 g/mol. The van der Waals surface area contributed by atoms with E-state index in [2.05, 4.69) is 10.3 Å². The molecule has 0 unspecified atom stereocenters. The fourth-order valence-corrected chi connectivity index (χ4v) is 1.18. The van der Waals surface area contributed by atoms with Gasteiger partial charge in [-0.3, -0.25) is 4.99 Å². The molecule has 0 heterocycles. The van der Waals surface area contributed by atoms with E-state index in [0.29, 0.717) is 12.2 Å². The molecule has 0 aromatic carbocycles. The maximum atomic E-state index is 13.5. The summed E-state index contributed by atoms with van der Waals surface area (Å²) in [6, 6.07) is 0. The average Bonchev–Trinajstić information content (AvgIpc) is 2.25. The number of aliphatic imine (C=N–C) groups is 1. The first-order chi connectivity index (χ1) is 7.21. The Bertz CT molecular complexity index is 299. The first-order valence-electron chi connectivity index (χ1n) is 5.02. The van der Waals surface area contributed by atoms with Crippen LogP contribution in [-0.4, -0.2) is 19.8 Å². The standard InChI is InChI=1S/C12H19FN2/c1-5-8-10(9-14-4)12(15-7-3)11(13)6-2/h5-8,14H,9H2,1-4H3/b8-5-,11-6+,12-10-,15-7?. The van der Waals surface area contributed by atoms with Crippen molar-refractivity contribution in [2.45, 2.75) is 20.8 Å². The van der Waals surface area contributed by atoms with Crippen LogP contribution in [0, 0.1) is 0 Å². The van der Waals surface area contributed by atoms with E-state index in [4.69, 9.17) is 0 Å². The molecular weight excluding hydrogens is 191 g/mol. The second-order valence-electron chi connectivity index (χ2n) is 2.93. The summed E-state index contributed by atoms with van der Waals surface area (Å²) < 4.78 is 13.5. The molecule has 84 valence electrons. The van der Waals surface area contributed by atoms with E-state index in [1.165, 1.54) is 6.08 Å². The van der Waals surface area contributed by atoms with Gasteiger partial charge < -0.3 is 5.32 Å².